The van der Waals surface area contributed by atoms with Crippen LogP contribution >= 0.6 is 23.2 Å². The van der Waals surface area contributed by atoms with Gasteiger partial charge in [0, 0.05) is 13.1 Å². The van der Waals surface area contributed by atoms with Crippen molar-refractivity contribution in [3.63, 3.8) is 0 Å². The van der Waals surface area contributed by atoms with Crippen LogP contribution in [0.5, 0.6) is 5.75 Å². The molecule has 0 aliphatic carbocycles. The third kappa shape index (κ3) is 4.61. The van der Waals surface area contributed by atoms with Crippen molar-refractivity contribution in [1.82, 2.24) is 20.2 Å². The SMILES string of the molecule is CCn1nnnc1NCc1cccc(OCc2ccc(Cl)c(Cl)c2)c1. The average molecular weight is 378 g/mol. The summed E-state index contributed by atoms with van der Waals surface area (Å²) in [4.78, 5) is 0. The van der Waals surface area contributed by atoms with Gasteiger partial charge in [-0.3, -0.25) is 0 Å². The highest BCUT2D eigenvalue weighted by atomic mass is 35.5. The molecule has 0 fully saturated rings. The lowest BCUT2D eigenvalue weighted by molar-refractivity contribution is 0.306. The molecule has 0 radical (unpaired) electrons. The van der Waals surface area contributed by atoms with Gasteiger partial charge in [-0.05, 0) is 52.7 Å². The van der Waals surface area contributed by atoms with Gasteiger partial charge in [-0.15, -0.1) is 0 Å². The van der Waals surface area contributed by atoms with E-state index in [-0.39, 0.29) is 0 Å². The number of benzene rings is 2. The van der Waals surface area contributed by atoms with Crippen molar-refractivity contribution in [3.8, 4) is 5.75 Å². The standard InChI is InChI=1S/C17H17Cl2N5O/c1-2-24-17(21-22-23-24)20-10-12-4-3-5-14(8-12)25-11-13-6-7-15(18)16(19)9-13/h3-9H,2,10-11H2,1H3,(H,20,21,23). The van der Waals surface area contributed by atoms with E-state index in [4.69, 9.17) is 27.9 Å². The molecular formula is C17H17Cl2N5O. The molecule has 0 unspecified atom stereocenters. The van der Waals surface area contributed by atoms with Gasteiger partial charge >= 0.3 is 0 Å². The van der Waals surface area contributed by atoms with Crippen molar-refractivity contribution in [3.05, 3.63) is 63.6 Å². The Hall–Kier alpha value is -2.31. The lowest BCUT2D eigenvalue weighted by atomic mass is 10.2. The molecule has 0 amide bonds. The van der Waals surface area contributed by atoms with Crippen molar-refractivity contribution in [1.29, 1.82) is 0 Å². The molecule has 130 valence electrons. The molecule has 3 aromatic rings. The zero-order chi connectivity index (χ0) is 17.6. The second-order valence-corrected chi connectivity index (χ2v) is 6.17. The zero-order valence-electron chi connectivity index (χ0n) is 13.6. The fraction of sp³-hybridized carbons (Fsp3) is 0.235. The number of nitrogens with zero attached hydrogens (tertiary/aromatic N) is 4. The van der Waals surface area contributed by atoms with Crippen LogP contribution in [0.2, 0.25) is 10.0 Å². The van der Waals surface area contributed by atoms with Crippen molar-refractivity contribution in [2.24, 2.45) is 0 Å². The highest BCUT2D eigenvalue weighted by molar-refractivity contribution is 6.42. The van der Waals surface area contributed by atoms with Crippen molar-refractivity contribution >= 4 is 29.2 Å². The lowest BCUT2D eigenvalue weighted by Crippen LogP contribution is -2.08. The quantitative estimate of drug-likeness (QED) is 0.668. The number of anilines is 1. The van der Waals surface area contributed by atoms with E-state index in [0.29, 0.717) is 35.7 Å². The van der Waals surface area contributed by atoms with E-state index < -0.39 is 0 Å². The minimum Gasteiger partial charge on any atom is -0.489 e. The smallest absolute Gasteiger partial charge is 0.243 e. The molecule has 0 atom stereocenters. The highest BCUT2D eigenvalue weighted by Crippen LogP contribution is 2.23. The van der Waals surface area contributed by atoms with Gasteiger partial charge in [0.05, 0.1) is 10.0 Å². The van der Waals surface area contributed by atoms with Crippen LogP contribution in [0.3, 0.4) is 0 Å². The molecule has 1 N–H and O–H groups in total. The number of nitrogens with one attached hydrogen (secondary N) is 1. The summed E-state index contributed by atoms with van der Waals surface area (Å²) in [6, 6.07) is 13.3. The summed E-state index contributed by atoms with van der Waals surface area (Å²) in [6.07, 6.45) is 0. The molecule has 3 rings (SSSR count). The van der Waals surface area contributed by atoms with E-state index in [1.54, 1.807) is 16.8 Å². The predicted molar refractivity (Wildman–Crippen MR) is 98.1 cm³/mol. The Morgan fingerprint density at radius 3 is 2.76 bits per heavy atom. The topological polar surface area (TPSA) is 64.9 Å². The third-order valence-corrected chi connectivity index (χ3v) is 4.31. The summed E-state index contributed by atoms with van der Waals surface area (Å²) >= 11 is 11.9. The molecule has 0 aliphatic rings. The second kappa shape index (κ2) is 8.18. The molecular weight excluding hydrogens is 361 g/mol. The predicted octanol–water partition coefficient (Wildman–Crippen LogP) is 4.19. The number of aromatic nitrogens is 4. The third-order valence-electron chi connectivity index (χ3n) is 3.57. The minimum absolute atomic E-state index is 0.419. The van der Waals surface area contributed by atoms with E-state index >= 15 is 0 Å². The van der Waals surface area contributed by atoms with Gasteiger partial charge < -0.3 is 10.1 Å². The summed E-state index contributed by atoms with van der Waals surface area (Å²) in [5.41, 5.74) is 2.03. The van der Waals surface area contributed by atoms with Crippen LogP contribution < -0.4 is 10.1 Å². The van der Waals surface area contributed by atoms with Gasteiger partial charge in [0.25, 0.3) is 0 Å². The molecule has 25 heavy (non-hydrogen) atoms. The van der Waals surface area contributed by atoms with Gasteiger partial charge in [0.1, 0.15) is 12.4 Å². The van der Waals surface area contributed by atoms with Crippen LogP contribution in [0, 0.1) is 0 Å². The highest BCUT2D eigenvalue weighted by Gasteiger charge is 2.05. The first-order valence-corrected chi connectivity index (χ1v) is 8.57. The number of ether oxygens (including phenoxy) is 1. The Balaban J connectivity index is 1.60. The Kier molecular flexibility index (Phi) is 5.73. The van der Waals surface area contributed by atoms with E-state index in [0.717, 1.165) is 16.9 Å². The maximum absolute atomic E-state index is 6.02. The normalized spacial score (nSPS) is 10.7. The second-order valence-electron chi connectivity index (χ2n) is 5.36. The molecule has 0 bridgehead atoms. The van der Waals surface area contributed by atoms with Crippen LogP contribution in [-0.2, 0) is 19.7 Å². The first-order valence-electron chi connectivity index (χ1n) is 7.81. The molecule has 0 spiro atoms. The summed E-state index contributed by atoms with van der Waals surface area (Å²) in [5.74, 6) is 1.42. The van der Waals surface area contributed by atoms with E-state index in [9.17, 15) is 0 Å². The van der Waals surface area contributed by atoms with E-state index in [2.05, 4.69) is 20.8 Å². The molecule has 0 saturated heterocycles. The van der Waals surface area contributed by atoms with Gasteiger partial charge in [0.15, 0.2) is 0 Å². The molecule has 6 nitrogen and oxygen atoms in total. The van der Waals surface area contributed by atoms with Crippen LogP contribution in [0.1, 0.15) is 18.1 Å². The molecule has 2 aromatic carbocycles. The summed E-state index contributed by atoms with van der Waals surface area (Å²) in [6.45, 7) is 3.72. The fourth-order valence-electron chi connectivity index (χ4n) is 2.27. The largest absolute Gasteiger partial charge is 0.489 e. The Morgan fingerprint density at radius 2 is 1.96 bits per heavy atom. The number of hydrogen-bond acceptors (Lipinski definition) is 5. The van der Waals surface area contributed by atoms with Crippen molar-refractivity contribution in [2.45, 2.75) is 26.6 Å². The number of hydrogen-bond donors (Lipinski definition) is 1. The van der Waals surface area contributed by atoms with Crippen LogP contribution in [-0.4, -0.2) is 20.2 Å². The molecule has 1 heterocycles. The Labute approximate surface area is 155 Å². The number of aryl methyl sites for hydroxylation is 1. The zero-order valence-corrected chi connectivity index (χ0v) is 15.1. The maximum Gasteiger partial charge on any atom is 0.243 e. The van der Waals surface area contributed by atoms with E-state index in [1.807, 2.05) is 37.3 Å². The van der Waals surface area contributed by atoms with E-state index in [1.165, 1.54) is 0 Å². The van der Waals surface area contributed by atoms with Crippen molar-refractivity contribution < 1.29 is 4.74 Å². The number of rotatable bonds is 7. The lowest BCUT2D eigenvalue weighted by Gasteiger charge is -2.10. The molecule has 1 aromatic heterocycles. The van der Waals surface area contributed by atoms with Crippen LogP contribution in [0.25, 0.3) is 0 Å². The number of tetrazole rings is 1. The molecule has 8 heteroatoms. The summed E-state index contributed by atoms with van der Waals surface area (Å²) in [7, 11) is 0. The Bertz CT molecular complexity index is 853. The van der Waals surface area contributed by atoms with Crippen LogP contribution in [0.15, 0.2) is 42.5 Å². The van der Waals surface area contributed by atoms with Gasteiger partial charge in [-0.25, -0.2) is 4.68 Å². The van der Waals surface area contributed by atoms with Crippen LogP contribution in [0.4, 0.5) is 5.95 Å². The molecule has 0 aliphatic heterocycles. The fourth-order valence-corrected chi connectivity index (χ4v) is 2.59. The van der Waals surface area contributed by atoms with Gasteiger partial charge in [0.2, 0.25) is 5.95 Å². The first-order chi connectivity index (χ1) is 12.2. The Morgan fingerprint density at radius 1 is 1.08 bits per heavy atom. The minimum atomic E-state index is 0.419. The number of halogens is 2. The van der Waals surface area contributed by atoms with Gasteiger partial charge in [-0.1, -0.05) is 46.5 Å². The van der Waals surface area contributed by atoms with Gasteiger partial charge in [-0.2, -0.15) is 0 Å². The first kappa shape index (κ1) is 17.5. The molecule has 0 saturated carbocycles. The summed E-state index contributed by atoms with van der Waals surface area (Å²) in [5, 5.41) is 15.8. The monoisotopic (exact) mass is 377 g/mol. The van der Waals surface area contributed by atoms with Crippen molar-refractivity contribution in [2.75, 3.05) is 5.32 Å². The maximum atomic E-state index is 6.02. The average Bonchev–Trinajstić information content (AvgIpc) is 3.09. The summed E-state index contributed by atoms with van der Waals surface area (Å²) < 4.78 is 7.53.